The number of amides is 1. The first-order valence-corrected chi connectivity index (χ1v) is 10.9. The van der Waals surface area contributed by atoms with E-state index in [2.05, 4.69) is 32.1 Å². The Labute approximate surface area is 172 Å². The molecule has 1 saturated carbocycles. The zero-order valence-corrected chi connectivity index (χ0v) is 18.1. The Morgan fingerprint density at radius 2 is 1.83 bits per heavy atom. The maximum atomic E-state index is 12.8. The largest absolute Gasteiger partial charge is 0.353 e. The highest BCUT2D eigenvalue weighted by Gasteiger charge is 2.29. The number of carbonyl (C=O) groups is 1. The van der Waals surface area contributed by atoms with Crippen molar-refractivity contribution in [3.63, 3.8) is 0 Å². The van der Waals surface area contributed by atoms with Gasteiger partial charge in [-0.1, -0.05) is 6.92 Å². The Morgan fingerprint density at radius 3 is 2.52 bits per heavy atom. The molecule has 8 nitrogen and oxygen atoms in total. The molecule has 4 rings (SSSR count). The fourth-order valence-corrected chi connectivity index (χ4v) is 4.57. The van der Waals surface area contributed by atoms with Gasteiger partial charge in [-0.2, -0.15) is 5.10 Å². The van der Waals surface area contributed by atoms with Gasteiger partial charge in [0.2, 0.25) is 5.91 Å². The van der Waals surface area contributed by atoms with Gasteiger partial charge in [0.05, 0.1) is 17.6 Å². The third-order valence-electron chi connectivity index (χ3n) is 6.59. The molecule has 0 bridgehead atoms. The number of hydrogen-bond acceptors (Lipinski definition) is 6. The number of aromatic nitrogens is 4. The number of nitrogens with zero attached hydrogens (tertiary/aromatic N) is 6. The summed E-state index contributed by atoms with van der Waals surface area (Å²) in [6.45, 7) is 9.65. The first kappa shape index (κ1) is 20.1. The third-order valence-corrected chi connectivity index (χ3v) is 6.59. The highest BCUT2D eigenvalue weighted by atomic mass is 16.2. The first-order chi connectivity index (χ1) is 13.9. The summed E-state index contributed by atoms with van der Waals surface area (Å²) in [4.78, 5) is 26.6. The van der Waals surface area contributed by atoms with Gasteiger partial charge in [0.1, 0.15) is 11.6 Å². The zero-order chi connectivity index (χ0) is 20.5. The SMILES string of the molecule is Cc1nc(N2CCN(C(C)C(=O)NC3CCC(C)CC3)CC2)c2cnn(C)c2n1. The Kier molecular flexibility index (Phi) is 5.72. The van der Waals surface area contributed by atoms with E-state index in [0.717, 1.165) is 67.6 Å². The standard InChI is InChI=1S/C21H33N7O/c1-14-5-7-17(8-6-14)25-21(29)15(2)27-9-11-28(12-10-27)20-18-13-22-26(4)19(18)23-16(3)24-20/h13-15,17H,5-12H2,1-4H3,(H,25,29). The van der Waals surface area contributed by atoms with Gasteiger partial charge >= 0.3 is 0 Å². The van der Waals surface area contributed by atoms with Crippen LogP contribution in [0, 0.1) is 12.8 Å². The van der Waals surface area contributed by atoms with E-state index >= 15 is 0 Å². The van der Waals surface area contributed by atoms with Crippen molar-refractivity contribution in [3.8, 4) is 0 Å². The summed E-state index contributed by atoms with van der Waals surface area (Å²) < 4.78 is 1.79. The average molecular weight is 400 g/mol. The van der Waals surface area contributed by atoms with Crippen molar-refractivity contribution in [1.29, 1.82) is 0 Å². The molecular weight excluding hydrogens is 366 g/mol. The number of fused-ring (bicyclic) bond motifs is 1. The summed E-state index contributed by atoms with van der Waals surface area (Å²) in [5.74, 6) is 2.68. The number of aryl methyl sites for hydroxylation is 2. The molecule has 3 heterocycles. The molecule has 1 N–H and O–H groups in total. The fraction of sp³-hybridized carbons (Fsp3) is 0.714. The van der Waals surface area contributed by atoms with Crippen molar-refractivity contribution < 1.29 is 4.79 Å². The van der Waals surface area contributed by atoms with E-state index in [1.54, 1.807) is 4.68 Å². The highest BCUT2D eigenvalue weighted by molar-refractivity contribution is 5.87. The summed E-state index contributed by atoms with van der Waals surface area (Å²) in [5, 5.41) is 8.62. The second-order valence-electron chi connectivity index (χ2n) is 8.76. The number of carbonyl (C=O) groups excluding carboxylic acids is 1. The molecule has 2 aliphatic rings. The molecule has 1 amide bonds. The Balaban J connectivity index is 1.36. The maximum Gasteiger partial charge on any atom is 0.237 e. The van der Waals surface area contributed by atoms with Crippen LogP contribution in [0.5, 0.6) is 0 Å². The van der Waals surface area contributed by atoms with E-state index in [0.29, 0.717) is 6.04 Å². The first-order valence-electron chi connectivity index (χ1n) is 10.9. The molecule has 2 fully saturated rings. The summed E-state index contributed by atoms with van der Waals surface area (Å²) in [6, 6.07) is 0.257. The molecule has 1 aliphatic carbocycles. The summed E-state index contributed by atoms with van der Waals surface area (Å²) in [6.07, 6.45) is 6.51. The van der Waals surface area contributed by atoms with Crippen molar-refractivity contribution in [2.45, 2.75) is 58.5 Å². The lowest BCUT2D eigenvalue weighted by Gasteiger charge is -2.38. The van der Waals surface area contributed by atoms with Gasteiger partial charge in [-0.3, -0.25) is 14.4 Å². The minimum absolute atomic E-state index is 0.0953. The average Bonchev–Trinajstić information content (AvgIpc) is 3.09. The predicted molar refractivity (Wildman–Crippen MR) is 114 cm³/mol. The van der Waals surface area contributed by atoms with Crippen LogP contribution in [0.25, 0.3) is 11.0 Å². The molecule has 0 aromatic carbocycles. The van der Waals surface area contributed by atoms with Gasteiger partial charge in [0.15, 0.2) is 5.65 Å². The third kappa shape index (κ3) is 4.22. The minimum atomic E-state index is -0.0953. The van der Waals surface area contributed by atoms with E-state index < -0.39 is 0 Å². The number of hydrogen-bond donors (Lipinski definition) is 1. The minimum Gasteiger partial charge on any atom is -0.353 e. The van der Waals surface area contributed by atoms with E-state index in [-0.39, 0.29) is 11.9 Å². The van der Waals surface area contributed by atoms with Crippen LogP contribution in [0.3, 0.4) is 0 Å². The number of rotatable bonds is 4. The molecule has 0 spiro atoms. The number of nitrogens with one attached hydrogen (secondary N) is 1. The van der Waals surface area contributed by atoms with Crippen LogP contribution < -0.4 is 10.2 Å². The van der Waals surface area contributed by atoms with Gasteiger partial charge in [-0.15, -0.1) is 0 Å². The van der Waals surface area contributed by atoms with Crippen LogP contribution in [-0.2, 0) is 11.8 Å². The van der Waals surface area contributed by atoms with E-state index in [4.69, 9.17) is 4.98 Å². The van der Waals surface area contributed by atoms with Crippen LogP contribution in [0.2, 0.25) is 0 Å². The lowest BCUT2D eigenvalue weighted by atomic mass is 9.87. The van der Waals surface area contributed by atoms with Gasteiger partial charge in [-0.05, 0) is 45.4 Å². The van der Waals surface area contributed by atoms with Gasteiger partial charge in [-0.25, -0.2) is 9.97 Å². The van der Waals surface area contributed by atoms with E-state index in [1.165, 1.54) is 12.8 Å². The molecular formula is C21H33N7O. The van der Waals surface area contributed by atoms with Crippen molar-refractivity contribution in [1.82, 2.24) is 30.0 Å². The van der Waals surface area contributed by atoms with Crippen molar-refractivity contribution in [3.05, 3.63) is 12.0 Å². The number of anilines is 1. The maximum absolute atomic E-state index is 12.8. The summed E-state index contributed by atoms with van der Waals surface area (Å²) in [5.41, 5.74) is 0.865. The van der Waals surface area contributed by atoms with E-state index in [9.17, 15) is 4.79 Å². The topological polar surface area (TPSA) is 79.2 Å². The molecule has 2 aromatic heterocycles. The monoisotopic (exact) mass is 399 g/mol. The molecule has 1 aliphatic heterocycles. The highest BCUT2D eigenvalue weighted by Crippen LogP contribution is 2.25. The lowest BCUT2D eigenvalue weighted by Crippen LogP contribution is -2.55. The van der Waals surface area contributed by atoms with Crippen molar-refractivity contribution in [2.24, 2.45) is 13.0 Å². The molecule has 8 heteroatoms. The fourth-order valence-electron chi connectivity index (χ4n) is 4.57. The van der Waals surface area contributed by atoms with Crippen molar-refractivity contribution in [2.75, 3.05) is 31.1 Å². The zero-order valence-electron chi connectivity index (χ0n) is 18.1. The molecule has 0 radical (unpaired) electrons. The normalized spacial score (nSPS) is 24.6. The Bertz CT molecular complexity index is 863. The summed E-state index contributed by atoms with van der Waals surface area (Å²) >= 11 is 0. The quantitative estimate of drug-likeness (QED) is 0.846. The summed E-state index contributed by atoms with van der Waals surface area (Å²) in [7, 11) is 1.91. The second-order valence-corrected chi connectivity index (χ2v) is 8.76. The van der Waals surface area contributed by atoms with E-state index in [1.807, 2.05) is 27.1 Å². The predicted octanol–water partition coefficient (Wildman–Crippen LogP) is 1.88. The van der Waals surface area contributed by atoms with Gasteiger partial charge < -0.3 is 10.2 Å². The van der Waals surface area contributed by atoms with Crippen LogP contribution >= 0.6 is 0 Å². The molecule has 158 valence electrons. The molecule has 1 saturated heterocycles. The lowest BCUT2D eigenvalue weighted by molar-refractivity contribution is -0.127. The molecule has 1 unspecified atom stereocenters. The second kappa shape index (κ2) is 8.26. The molecule has 29 heavy (non-hydrogen) atoms. The van der Waals surface area contributed by atoms with Crippen molar-refractivity contribution >= 4 is 22.8 Å². The van der Waals surface area contributed by atoms with Crippen LogP contribution in [0.4, 0.5) is 5.82 Å². The Hall–Kier alpha value is -2.22. The van der Waals surface area contributed by atoms with Gasteiger partial charge in [0, 0.05) is 39.3 Å². The van der Waals surface area contributed by atoms with Gasteiger partial charge in [0.25, 0.3) is 0 Å². The molecule has 1 atom stereocenters. The Morgan fingerprint density at radius 1 is 1.14 bits per heavy atom. The van der Waals surface area contributed by atoms with Crippen LogP contribution in [-0.4, -0.2) is 68.8 Å². The smallest absolute Gasteiger partial charge is 0.237 e. The number of piperazine rings is 1. The van der Waals surface area contributed by atoms with Crippen LogP contribution in [0.1, 0.15) is 45.4 Å². The molecule has 2 aromatic rings. The van der Waals surface area contributed by atoms with Crippen LogP contribution in [0.15, 0.2) is 6.20 Å².